The maximum atomic E-state index is 14.6. The number of nitrogens with zero attached hydrogens (tertiary/aromatic N) is 5. The molecule has 0 radical (unpaired) electrons. The summed E-state index contributed by atoms with van der Waals surface area (Å²) < 4.78 is 30.9. The van der Waals surface area contributed by atoms with E-state index in [2.05, 4.69) is 30.3 Å². The quantitative estimate of drug-likeness (QED) is 0.460. The van der Waals surface area contributed by atoms with Crippen LogP contribution in [0.1, 0.15) is 11.3 Å². The van der Waals surface area contributed by atoms with E-state index >= 15 is 0 Å². The van der Waals surface area contributed by atoms with Crippen molar-refractivity contribution in [2.24, 2.45) is 11.1 Å². The Balaban J connectivity index is 1.18. The molecule has 3 aromatic heterocycles. The summed E-state index contributed by atoms with van der Waals surface area (Å²) in [6.45, 7) is 4.03. The molecule has 1 saturated heterocycles. The lowest BCUT2D eigenvalue weighted by Crippen LogP contribution is -2.30. The number of nitroso groups, excluding NO2 is 1. The van der Waals surface area contributed by atoms with Crippen molar-refractivity contribution in [2.45, 2.75) is 19.0 Å². The molecule has 5 rings (SSSR count). The van der Waals surface area contributed by atoms with Crippen LogP contribution >= 0.6 is 0 Å². The van der Waals surface area contributed by atoms with Crippen molar-refractivity contribution in [1.82, 2.24) is 25.2 Å². The van der Waals surface area contributed by atoms with Crippen molar-refractivity contribution in [3.63, 3.8) is 0 Å². The lowest BCUT2D eigenvalue weighted by atomic mass is 10.1. The summed E-state index contributed by atoms with van der Waals surface area (Å²) in [6.07, 6.45) is 3.34. The molecule has 0 saturated carbocycles. The van der Waals surface area contributed by atoms with Crippen LogP contribution in [0.25, 0.3) is 11.0 Å². The Kier molecular flexibility index (Phi) is 6.96. The third kappa shape index (κ3) is 5.15. The predicted octanol–water partition coefficient (Wildman–Crippen LogP) is 2.34. The predicted molar refractivity (Wildman–Crippen MR) is 126 cm³/mol. The van der Waals surface area contributed by atoms with Crippen LogP contribution < -0.4 is 19.5 Å². The molecule has 0 bridgehead atoms. The molecule has 1 fully saturated rings. The first-order chi connectivity index (χ1) is 17.1. The van der Waals surface area contributed by atoms with Crippen LogP contribution in [-0.2, 0) is 13.0 Å². The van der Waals surface area contributed by atoms with Gasteiger partial charge in [-0.3, -0.25) is 9.97 Å². The van der Waals surface area contributed by atoms with Gasteiger partial charge in [0, 0.05) is 56.3 Å². The van der Waals surface area contributed by atoms with Gasteiger partial charge in [0.2, 0.25) is 5.88 Å². The van der Waals surface area contributed by atoms with E-state index in [1.54, 1.807) is 18.3 Å². The topological polar surface area (TPSA) is 111 Å². The standard InChI is InChI=1S/C24H27FN6O4/c1-33-23-3-2-19-24(29-23)17(18(25)11-28-19)4-5-31-13-15(20(14-31)30-32)9-26-10-16-8-21-22(12-27-16)35-7-6-34-21/h2-3,8,11-12,15,20,26H,4-7,9-10,13-14H2,1H3/t15-,20?/m1/s1. The van der Waals surface area contributed by atoms with Gasteiger partial charge in [-0.05, 0) is 12.5 Å². The smallest absolute Gasteiger partial charge is 0.213 e. The van der Waals surface area contributed by atoms with Gasteiger partial charge in [0.15, 0.2) is 11.5 Å². The third-order valence-electron chi connectivity index (χ3n) is 6.44. The number of hydrogen-bond acceptors (Lipinski definition) is 10. The summed E-state index contributed by atoms with van der Waals surface area (Å²) in [7, 11) is 1.52. The van der Waals surface area contributed by atoms with Crippen molar-refractivity contribution >= 4 is 11.0 Å². The van der Waals surface area contributed by atoms with E-state index in [0.717, 1.165) is 5.69 Å². The highest BCUT2D eigenvalue weighted by Gasteiger charge is 2.33. The monoisotopic (exact) mass is 482 g/mol. The number of hydrogen-bond donors (Lipinski definition) is 1. The van der Waals surface area contributed by atoms with Crippen LogP contribution in [0.15, 0.2) is 35.8 Å². The summed E-state index contributed by atoms with van der Waals surface area (Å²) in [4.78, 5) is 26.6. The molecular formula is C24H27FN6O4. The van der Waals surface area contributed by atoms with Crippen LogP contribution in [0.3, 0.4) is 0 Å². The first-order valence-corrected chi connectivity index (χ1v) is 11.6. The number of methoxy groups -OCH3 is 1. The molecule has 1 N–H and O–H groups in total. The van der Waals surface area contributed by atoms with E-state index in [1.165, 1.54) is 13.3 Å². The average molecular weight is 483 g/mol. The lowest BCUT2D eigenvalue weighted by molar-refractivity contribution is 0.170. The van der Waals surface area contributed by atoms with Gasteiger partial charge in [0.05, 0.1) is 36.2 Å². The number of nitrogens with one attached hydrogen (secondary N) is 1. The zero-order valence-electron chi connectivity index (χ0n) is 19.4. The molecule has 184 valence electrons. The maximum absolute atomic E-state index is 14.6. The Labute approximate surface area is 201 Å². The van der Waals surface area contributed by atoms with Crippen molar-refractivity contribution < 1.29 is 18.6 Å². The molecule has 3 aromatic rings. The van der Waals surface area contributed by atoms with Gasteiger partial charge < -0.3 is 24.4 Å². The van der Waals surface area contributed by atoms with E-state index in [9.17, 15) is 9.30 Å². The largest absolute Gasteiger partial charge is 0.486 e. The molecule has 0 aliphatic carbocycles. The molecular weight excluding hydrogens is 455 g/mol. The number of aromatic nitrogens is 3. The van der Waals surface area contributed by atoms with Crippen molar-refractivity contribution in [2.75, 3.05) is 46.5 Å². The second-order valence-electron chi connectivity index (χ2n) is 8.70. The van der Waals surface area contributed by atoms with Crippen LogP contribution in [0.2, 0.25) is 0 Å². The number of pyridine rings is 3. The van der Waals surface area contributed by atoms with Gasteiger partial charge in [-0.2, -0.15) is 4.91 Å². The summed E-state index contributed by atoms with van der Waals surface area (Å²) in [5, 5.41) is 6.73. The average Bonchev–Trinajstić information content (AvgIpc) is 3.29. The van der Waals surface area contributed by atoms with E-state index in [0.29, 0.717) is 86.3 Å². The van der Waals surface area contributed by atoms with Gasteiger partial charge in [-0.15, -0.1) is 0 Å². The van der Waals surface area contributed by atoms with E-state index in [1.807, 2.05) is 6.07 Å². The third-order valence-corrected chi connectivity index (χ3v) is 6.44. The molecule has 0 aromatic carbocycles. The number of rotatable bonds is 9. The van der Waals surface area contributed by atoms with Crippen LogP contribution in [-0.4, -0.2) is 72.4 Å². The minimum Gasteiger partial charge on any atom is -0.486 e. The fourth-order valence-corrected chi connectivity index (χ4v) is 4.61. The molecule has 35 heavy (non-hydrogen) atoms. The zero-order valence-corrected chi connectivity index (χ0v) is 19.4. The molecule has 1 unspecified atom stereocenters. The molecule has 2 aliphatic heterocycles. The van der Waals surface area contributed by atoms with Crippen molar-refractivity contribution in [3.8, 4) is 17.4 Å². The molecule has 10 nitrogen and oxygen atoms in total. The Hall–Kier alpha value is -3.44. The normalized spacial score (nSPS) is 19.7. The molecule has 2 aliphatic rings. The SMILES string of the molecule is COc1ccc2ncc(F)c(CCN3CC(N=O)[C@H](CNCc4cc5c(cn4)OCCO5)C3)c2n1. The highest BCUT2D eigenvalue weighted by molar-refractivity contribution is 5.78. The van der Waals surface area contributed by atoms with Crippen molar-refractivity contribution in [1.29, 1.82) is 0 Å². The van der Waals surface area contributed by atoms with Crippen LogP contribution in [0.5, 0.6) is 17.4 Å². The van der Waals surface area contributed by atoms with Gasteiger partial charge >= 0.3 is 0 Å². The number of ether oxygens (including phenoxy) is 3. The number of likely N-dealkylation sites (tertiary alicyclic amines) is 1. The fourth-order valence-electron chi connectivity index (χ4n) is 4.61. The number of halogens is 1. The highest BCUT2D eigenvalue weighted by Crippen LogP contribution is 2.29. The first-order valence-electron chi connectivity index (χ1n) is 11.6. The Bertz CT molecular complexity index is 1210. The fraction of sp³-hybridized carbons (Fsp3) is 0.458. The zero-order chi connectivity index (χ0) is 24.2. The van der Waals surface area contributed by atoms with Gasteiger partial charge in [-0.1, -0.05) is 5.18 Å². The van der Waals surface area contributed by atoms with Crippen LogP contribution in [0, 0.1) is 16.6 Å². The van der Waals surface area contributed by atoms with Gasteiger partial charge in [0.25, 0.3) is 0 Å². The molecule has 2 atom stereocenters. The minimum absolute atomic E-state index is 0.0574. The summed E-state index contributed by atoms with van der Waals surface area (Å²) >= 11 is 0. The maximum Gasteiger partial charge on any atom is 0.213 e. The Morgan fingerprint density at radius 2 is 2.06 bits per heavy atom. The second-order valence-corrected chi connectivity index (χ2v) is 8.70. The van der Waals surface area contributed by atoms with Gasteiger partial charge in [-0.25, -0.2) is 9.37 Å². The van der Waals surface area contributed by atoms with Crippen molar-refractivity contribution in [3.05, 3.63) is 52.6 Å². The second kappa shape index (κ2) is 10.4. The highest BCUT2D eigenvalue weighted by atomic mass is 19.1. The first kappa shape index (κ1) is 23.3. The number of fused-ring (bicyclic) bond motifs is 2. The van der Waals surface area contributed by atoms with E-state index in [4.69, 9.17) is 14.2 Å². The summed E-state index contributed by atoms with van der Waals surface area (Å²) in [5.41, 5.74) is 2.45. The Morgan fingerprint density at radius 3 is 2.89 bits per heavy atom. The van der Waals surface area contributed by atoms with Gasteiger partial charge in [0.1, 0.15) is 25.1 Å². The lowest BCUT2D eigenvalue weighted by Gasteiger charge is -2.19. The molecule has 5 heterocycles. The summed E-state index contributed by atoms with van der Waals surface area (Å²) in [5.74, 6) is 1.43. The minimum atomic E-state index is -0.396. The molecule has 0 amide bonds. The van der Waals surface area contributed by atoms with E-state index < -0.39 is 5.82 Å². The molecule has 11 heteroatoms. The van der Waals surface area contributed by atoms with E-state index in [-0.39, 0.29) is 12.0 Å². The summed E-state index contributed by atoms with van der Waals surface area (Å²) in [6, 6.07) is 5.02. The Morgan fingerprint density at radius 1 is 1.20 bits per heavy atom. The van der Waals surface area contributed by atoms with Crippen LogP contribution in [0.4, 0.5) is 4.39 Å². The molecule has 0 spiro atoms.